The highest BCUT2D eigenvalue weighted by Crippen LogP contribution is 2.27. The predicted molar refractivity (Wildman–Crippen MR) is 138 cm³/mol. The lowest BCUT2D eigenvalue weighted by atomic mass is 9.88. The van der Waals surface area contributed by atoms with Crippen molar-refractivity contribution in [2.45, 2.75) is 24.8 Å². The lowest BCUT2D eigenvalue weighted by molar-refractivity contribution is -0.132. The molecule has 13 nitrogen and oxygen atoms in total. The van der Waals surface area contributed by atoms with Crippen molar-refractivity contribution in [1.29, 1.82) is 0 Å². The number of piperidine rings is 1. The summed E-state index contributed by atoms with van der Waals surface area (Å²) < 4.78 is 0. The Balaban J connectivity index is 1.12. The maximum atomic E-state index is 12.9. The minimum atomic E-state index is -0.598. The van der Waals surface area contributed by atoms with Gasteiger partial charge in [0.15, 0.2) is 28.4 Å². The second-order valence-corrected chi connectivity index (χ2v) is 9.62. The molecule has 2 aromatic rings. The fourth-order valence-corrected chi connectivity index (χ4v) is 4.80. The highest BCUT2D eigenvalue weighted by molar-refractivity contribution is 6.31. The number of nitrogens with two attached hydrogens (primary N) is 2. The van der Waals surface area contributed by atoms with E-state index in [2.05, 4.69) is 30.9 Å². The number of carbonyl (C=O) groups is 3. The molecule has 4 heterocycles. The first-order chi connectivity index (χ1) is 17.7. The molecule has 14 heteroatoms. The van der Waals surface area contributed by atoms with Gasteiger partial charge in [0.2, 0.25) is 5.91 Å². The molecule has 3 aliphatic rings. The number of amides is 4. The van der Waals surface area contributed by atoms with Gasteiger partial charge in [0.05, 0.1) is 18.5 Å². The van der Waals surface area contributed by atoms with Gasteiger partial charge >= 0.3 is 6.03 Å². The van der Waals surface area contributed by atoms with Crippen molar-refractivity contribution in [3.05, 3.63) is 40.7 Å². The molecule has 1 spiro atoms. The summed E-state index contributed by atoms with van der Waals surface area (Å²) in [5.41, 5.74) is 12.5. The molecule has 3 aliphatic heterocycles. The second-order valence-electron chi connectivity index (χ2n) is 9.27. The summed E-state index contributed by atoms with van der Waals surface area (Å²) >= 11 is 5.86. The molecule has 0 aliphatic carbocycles. The van der Waals surface area contributed by atoms with E-state index in [1.807, 2.05) is 29.2 Å². The number of halogens is 1. The Bertz CT molecular complexity index is 1270. The molecule has 37 heavy (non-hydrogen) atoms. The van der Waals surface area contributed by atoms with E-state index in [9.17, 15) is 14.4 Å². The summed E-state index contributed by atoms with van der Waals surface area (Å²) in [6, 6.07) is 7.40. The summed E-state index contributed by atoms with van der Waals surface area (Å²) in [6.45, 7) is 2.87. The number of hydrogen-bond acceptors (Lipinski definition) is 9. The number of hydrogen-bond donors (Lipinski definition) is 5. The van der Waals surface area contributed by atoms with E-state index in [1.54, 1.807) is 4.90 Å². The van der Waals surface area contributed by atoms with Crippen molar-refractivity contribution in [3.8, 4) is 0 Å². The minimum absolute atomic E-state index is 0.0447. The van der Waals surface area contributed by atoms with Gasteiger partial charge in [0, 0.05) is 31.9 Å². The Kier molecular flexibility index (Phi) is 6.46. The largest absolute Gasteiger partial charge is 0.382 e. The number of benzene rings is 1. The SMILES string of the molecule is Nc1nc(N)c(C(=O)NC2=NCC3(CCN(C(=O)Cc4ccc(N5CCNC5=O)cc4)CC3)N2)nc1Cl. The Morgan fingerprint density at radius 3 is 2.49 bits per heavy atom. The number of urea groups is 1. The molecule has 4 amide bonds. The van der Waals surface area contributed by atoms with Gasteiger partial charge in [0.25, 0.3) is 5.91 Å². The van der Waals surface area contributed by atoms with Crippen LogP contribution in [0.15, 0.2) is 29.3 Å². The first kappa shape index (κ1) is 24.6. The van der Waals surface area contributed by atoms with Crippen LogP contribution in [-0.4, -0.2) is 76.9 Å². The van der Waals surface area contributed by atoms with Gasteiger partial charge < -0.3 is 27.0 Å². The zero-order chi connectivity index (χ0) is 26.2. The van der Waals surface area contributed by atoms with Crippen LogP contribution in [0.5, 0.6) is 0 Å². The van der Waals surface area contributed by atoms with Gasteiger partial charge in [-0.1, -0.05) is 23.7 Å². The van der Waals surface area contributed by atoms with Gasteiger partial charge in [-0.2, -0.15) is 0 Å². The number of likely N-dealkylation sites (tertiary alicyclic amines) is 1. The van der Waals surface area contributed by atoms with Crippen LogP contribution in [0.3, 0.4) is 0 Å². The van der Waals surface area contributed by atoms with Crippen LogP contribution in [0.2, 0.25) is 5.15 Å². The first-order valence-corrected chi connectivity index (χ1v) is 12.3. The van der Waals surface area contributed by atoms with Crippen molar-refractivity contribution in [1.82, 2.24) is 30.8 Å². The molecular formula is C23H27ClN10O3. The number of guanidine groups is 1. The molecule has 0 unspecified atom stereocenters. The lowest BCUT2D eigenvalue weighted by Gasteiger charge is -2.39. The second kappa shape index (κ2) is 9.73. The Hall–Kier alpha value is -4.13. The van der Waals surface area contributed by atoms with E-state index < -0.39 is 5.91 Å². The van der Waals surface area contributed by atoms with Crippen LogP contribution in [-0.2, 0) is 11.2 Å². The van der Waals surface area contributed by atoms with Crippen molar-refractivity contribution in [2.75, 3.05) is 49.1 Å². The van der Waals surface area contributed by atoms with Gasteiger partial charge in [-0.3, -0.25) is 24.8 Å². The molecule has 2 fully saturated rings. The number of carbonyl (C=O) groups excluding carboxylic acids is 3. The van der Waals surface area contributed by atoms with Crippen LogP contribution >= 0.6 is 11.6 Å². The summed E-state index contributed by atoms with van der Waals surface area (Å²) in [5.74, 6) is -0.427. The zero-order valence-electron chi connectivity index (χ0n) is 20.0. The summed E-state index contributed by atoms with van der Waals surface area (Å²) in [5, 5.41) is 8.62. The number of nitrogens with zero attached hydrogens (tertiary/aromatic N) is 5. The standard InChI is InChI=1S/C23H27ClN10O3/c24-17-19(26)30-18(25)16(29-17)20(36)31-21-28-12-23(32-21)5-8-33(9-6-23)15(35)11-13-1-3-14(4-2-13)34-10-7-27-22(34)37/h1-4H,5-12H2,(H,27,37)(H4,25,26,30)(H2,28,31,32,36). The Morgan fingerprint density at radius 2 is 1.81 bits per heavy atom. The molecule has 1 aromatic heterocycles. The quantitative estimate of drug-likeness (QED) is 0.372. The van der Waals surface area contributed by atoms with Crippen LogP contribution in [0, 0.1) is 0 Å². The summed E-state index contributed by atoms with van der Waals surface area (Å²) in [7, 11) is 0. The number of nitrogen functional groups attached to an aromatic ring is 2. The van der Waals surface area contributed by atoms with Crippen molar-refractivity contribution in [3.63, 3.8) is 0 Å². The predicted octanol–water partition coefficient (Wildman–Crippen LogP) is 0.117. The van der Waals surface area contributed by atoms with Crippen molar-refractivity contribution in [2.24, 2.45) is 4.99 Å². The molecule has 0 radical (unpaired) electrons. The molecule has 0 saturated carbocycles. The molecule has 0 atom stereocenters. The smallest absolute Gasteiger partial charge is 0.321 e. The van der Waals surface area contributed by atoms with Crippen LogP contribution < -0.4 is 32.3 Å². The Labute approximate surface area is 217 Å². The molecule has 2 saturated heterocycles. The molecule has 7 N–H and O–H groups in total. The van der Waals surface area contributed by atoms with Gasteiger partial charge in [-0.25, -0.2) is 14.8 Å². The third-order valence-corrected chi connectivity index (χ3v) is 7.09. The number of anilines is 3. The van der Waals surface area contributed by atoms with Gasteiger partial charge in [-0.05, 0) is 30.5 Å². The molecule has 0 bridgehead atoms. The van der Waals surface area contributed by atoms with E-state index in [4.69, 9.17) is 23.1 Å². The average Bonchev–Trinajstić information content (AvgIpc) is 3.48. The fraction of sp³-hybridized carbons (Fsp3) is 0.391. The monoisotopic (exact) mass is 526 g/mol. The maximum Gasteiger partial charge on any atom is 0.321 e. The lowest BCUT2D eigenvalue weighted by Crippen LogP contribution is -2.57. The number of rotatable bonds is 4. The van der Waals surface area contributed by atoms with Gasteiger partial charge in [-0.15, -0.1) is 0 Å². The van der Waals surface area contributed by atoms with E-state index in [0.29, 0.717) is 51.5 Å². The van der Waals surface area contributed by atoms with Crippen molar-refractivity contribution < 1.29 is 14.4 Å². The summed E-state index contributed by atoms with van der Waals surface area (Å²) in [4.78, 5) is 53.0. The van der Waals surface area contributed by atoms with Crippen LogP contribution in [0.4, 0.5) is 22.1 Å². The number of nitrogens with one attached hydrogen (secondary N) is 3. The van der Waals surface area contributed by atoms with E-state index in [-0.39, 0.29) is 46.4 Å². The van der Waals surface area contributed by atoms with Crippen LogP contribution in [0.25, 0.3) is 0 Å². The third kappa shape index (κ3) is 5.07. The summed E-state index contributed by atoms with van der Waals surface area (Å²) in [6.07, 6.45) is 1.65. The van der Waals surface area contributed by atoms with E-state index >= 15 is 0 Å². The van der Waals surface area contributed by atoms with Gasteiger partial charge in [0.1, 0.15) is 0 Å². The highest BCUT2D eigenvalue weighted by Gasteiger charge is 2.40. The molecular weight excluding hydrogens is 500 g/mol. The Morgan fingerprint density at radius 1 is 1.08 bits per heavy atom. The topological polar surface area (TPSA) is 184 Å². The highest BCUT2D eigenvalue weighted by atomic mass is 35.5. The van der Waals surface area contributed by atoms with E-state index in [1.165, 1.54) is 0 Å². The minimum Gasteiger partial charge on any atom is -0.382 e. The van der Waals surface area contributed by atoms with E-state index in [0.717, 1.165) is 11.3 Å². The number of aromatic nitrogens is 2. The fourth-order valence-electron chi connectivity index (χ4n) is 4.67. The normalized spacial score (nSPS) is 18.4. The third-order valence-electron chi connectivity index (χ3n) is 6.81. The number of aliphatic imine (C=N–C) groups is 1. The zero-order valence-corrected chi connectivity index (χ0v) is 20.7. The average molecular weight is 527 g/mol. The molecule has 194 valence electrons. The van der Waals surface area contributed by atoms with Crippen LogP contribution in [0.1, 0.15) is 28.9 Å². The molecule has 1 aromatic carbocycles. The first-order valence-electron chi connectivity index (χ1n) is 11.9. The van der Waals surface area contributed by atoms with Crippen molar-refractivity contribution >= 4 is 52.7 Å². The molecule has 5 rings (SSSR count). The maximum absolute atomic E-state index is 12.9.